The molecule has 1 atom stereocenters. The molecule has 0 N–H and O–H groups in total. The van der Waals surface area contributed by atoms with E-state index in [0.29, 0.717) is 18.6 Å². The van der Waals surface area contributed by atoms with Crippen LogP contribution in [0.2, 0.25) is 0 Å². The number of hydrogen-bond acceptors (Lipinski definition) is 7. The molecule has 0 aliphatic heterocycles. The van der Waals surface area contributed by atoms with Gasteiger partial charge in [-0.2, -0.15) is 0 Å². The first-order chi connectivity index (χ1) is 18.5. The Hall–Kier alpha value is -3.00. The highest BCUT2D eigenvalue weighted by molar-refractivity contribution is 7.11. The minimum absolute atomic E-state index is 0.0415. The molecule has 3 aromatic rings. The lowest BCUT2D eigenvalue weighted by atomic mass is 10.1. The maximum Gasteiger partial charge on any atom is 0.337 e. The van der Waals surface area contributed by atoms with E-state index in [9.17, 15) is 9.59 Å². The van der Waals surface area contributed by atoms with Crippen LogP contribution >= 0.6 is 11.3 Å². The van der Waals surface area contributed by atoms with Crippen LogP contribution in [0, 0.1) is 0 Å². The molecule has 0 fully saturated rings. The first-order valence-electron chi connectivity index (χ1n) is 13.2. The van der Waals surface area contributed by atoms with Crippen molar-refractivity contribution in [3.63, 3.8) is 0 Å². The van der Waals surface area contributed by atoms with Gasteiger partial charge in [0.2, 0.25) is 0 Å². The lowest BCUT2D eigenvalue weighted by Crippen LogP contribution is -2.33. The maximum absolute atomic E-state index is 11.8. The number of esters is 2. The summed E-state index contributed by atoms with van der Waals surface area (Å²) in [4.78, 5) is 28.2. The van der Waals surface area contributed by atoms with Gasteiger partial charge in [0.1, 0.15) is 0 Å². The van der Waals surface area contributed by atoms with E-state index < -0.39 is 0 Å². The average Bonchev–Trinajstić information content (AvgIpc) is 3.41. The molecule has 3 rings (SSSR count). The van der Waals surface area contributed by atoms with Gasteiger partial charge in [0, 0.05) is 29.3 Å². The largest absolute Gasteiger partial charge is 0.469 e. The smallest absolute Gasteiger partial charge is 0.337 e. The average molecular weight is 538 g/mol. The summed E-state index contributed by atoms with van der Waals surface area (Å²) in [6.07, 6.45) is 4.22. The van der Waals surface area contributed by atoms with E-state index in [2.05, 4.69) is 54.3 Å². The molecule has 2 aromatic carbocycles. The van der Waals surface area contributed by atoms with Crippen LogP contribution in [-0.2, 0) is 45.0 Å². The van der Waals surface area contributed by atoms with Gasteiger partial charge in [-0.05, 0) is 74.5 Å². The number of nitrogens with zero attached hydrogens (tertiary/aromatic N) is 1. The van der Waals surface area contributed by atoms with E-state index in [1.807, 2.05) is 23.5 Å². The predicted octanol–water partition coefficient (Wildman–Crippen LogP) is 6.07. The molecule has 6 nitrogen and oxygen atoms in total. The van der Waals surface area contributed by atoms with Crippen LogP contribution in [0.15, 0.2) is 66.7 Å². The van der Waals surface area contributed by atoms with Crippen molar-refractivity contribution in [2.24, 2.45) is 0 Å². The Morgan fingerprint density at radius 1 is 0.842 bits per heavy atom. The van der Waals surface area contributed by atoms with Gasteiger partial charge in [0.25, 0.3) is 0 Å². The van der Waals surface area contributed by atoms with E-state index in [-0.39, 0.29) is 18.0 Å². The fourth-order valence-electron chi connectivity index (χ4n) is 4.25. The lowest BCUT2D eigenvalue weighted by Gasteiger charge is -2.26. The SMILES string of the molecule is COC(=O)CCCCN(Cc1ccc(C(=O)OC)cc1)C[C@@H](C)OCc1ccc(CCc2ccccc2)s1. The molecule has 0 aliphatic rings. The van der Waals surface area contributed by atoms with E-state index in [1.165, 1.54) is 29.5 Å². The summed E-state index contributed by atoms with van der Waals surface area (Å²) in [7, 11) is 2.81. The van der Waals surface area contributed by atoms with Crippen molar-refractivity contribution in [2.45, 2.75) is 58.3 Å². The van der Waals surface area contributed by atoms with E-state index in [0.717, 1.165) is 50.9 Å². The normalized spacial score (nSPS) is 11.9. The fraction of sp³-hybridized carbons (Fsp3) is 0.419. The Bertz CT molecular complexity index is 1110. The zero-order valence-corrected chi connectivity index (χ0v) is 23.5. The van der Waals surface area contributed by atoms with Crippen LogP contribution in [0.4, 0.5) is 0 Å². The monoisotopic (exact) mass is 537 g/mol. The van der Waals surface area contributed by atoms with Gasteiger partial charge in [0.15, 0.2) is 0 Å². The molecule has 0 unspecified atom stereocenters. The van der Waals surface area contributed by atoms with Crippen LogP contribution in [0.5, 0.6) is 0 Å². The minimum Gasteiger partial charge on any atom is -0.469 e. The number of hydrogen-bond donors (Lipinski definition) is 0. The Kier molecular flexibility index (Phi) is 12.5. The number of ether oxygens (including phenoxy) is 3. The Morgan fingerprint density at radius 3 is 2.29 bits per heavy atom. The third-order valence-electron chi connectivity index (χ3n) is 6.36. The maximum atomic E-state index is 11.8. The quantitative estimate of drug-likeness (QED) is 0.163. The molecule has 0 spiro atoms. The van der Waals surface area contributed by atoms with Crippen LogP contribution in [0.3, 0.4) is 0 Å². The number of carbonyl (C=O) groups excluding carboxylic acids is 2. The number of methoxy groups -OCH3 is 2. The fourth-order valence-corrected chi connectivity index (χ4v) is 5.19. The lowest BCUT2D eigenvalue weighted by molar-refractivity contribution is -0.140. The molecule has 0 bridgehead atoms. The number of carbonyl (C=O) groups is 2. The zero-order chi connectivity index (χ0) is 27.2. The molecular weight excluding hydrogens is 498 g/mol. The van der Waals surface area contributed by atoms with Crippen LogP contribution in [0.1, 0.15) is 57.4 Å². The zero-order valence-electron chi connectivity index (χ0n) is 22.7. The van der Waals surface area contributed by atoms with Crippen LogP contribution in [0.25, 0.3) is 0 Å². The van der Waals surface area contributed by atoms with Gasteiger partial charge in [-0.3, -0.25) is 9.69 Å². The summed E-state index contributed by atoms with van der Waals surface area (Å²) in [5.41, 5.74) is 3.01. The molecular formula is C31H39NO5S. The first kappa shape index (κ1) is 29.6. The Balaban J connectivity index is 1.50. The van der Waals surface area contributed by atoms with Crippen molar-refractivity contribution in [1.82, 2.24) is 4.90 Å². The molecule has 0 aliphatic carbocycles. The molecule has 0 saturated carbocycles. The molecule has 0 saturated heterocycles. The summed E-state index contributed by atoms with van der Waals surface area (Å²) in [6, 6.07) is 22.5. The van der Waals surface area contributed by atoms with Crippen molar-refractivity contribution in [1.29, 1.82) is 0 Å². The summed E-state index contributed by atoms with van der Waals surface area (Å²) in [6.45, 7) is 5.04. The number of unbranched alkanes of at least 4 members (excludes halogenated alkanes) is 1. The van der Waals surface area contributed by atoms with Crippen LogP contribution in [-0.4, -0.2) is 50.3 Å². The summed E-state index contributed by atoms with van der Waals surface area (Å²) < 4.78 is 15.8. The van der Waals surface area contributed by atoms with Gasteiger partial charge in [-0.1, -0.05) is 42.5 Å². The second-order valence-corrected chi connectivity index (χ2v) is 10.7. The summed E-state index contributed by atoms with van der Waals surface area (Å²) in [5, 5.41) is 0. The topological polar surface area (TPSA) is 65.1 Å². The minimum atomic E-state index is -0.338. The molecule has 38 heavy (non-hydrogen) atoms. The first-order valence-corrected chi connectivity index (χ1v) is 14.0. The second kappa shape index (κ2) is 16.1. The number of rotatable bonds is 16. The van der Waals surface area contributed by atoms with Gasteiger partial charge >= 0.3 is 11.9 Å². The Labute approximate surface area is 230 Å². The van der Waals surface area contributed by atoms with Crippen molar-refractivity contribution in [3.05, 3.63) is 93.2 Å². The molecule has 0 amide bonds. The highest BCUT2D eigenvalue weighted by Gasteiger charge is 2.14. The van der Waals surface area contributed by atoms with Gasteiger partial charge in [-0.15, -0.1) is 11.3 Å². The van der Waals surface area contributed by atoms with Gasteiger partial charge < -0.3 is 14.2 Å². The molecule has 1 heterocycles. The van der Waals surface area contributed by atoms with Crippen molar-refractivity contribution >= 4 is 23.3 Å². The van der Waals surface area contributed by atoms with Gasteiger partial charge in [-0.25, -0.2) is 4.79 Å². The number of benzene rings is 2. The van der Waals surface area contributed by atoms with E-state index in [1.54, 1.807) is 12.1 Å². The Morgan fingerprint density at radius 2 is 1.58 bits per heavy atom. The van der Waals surface area contributed by atoms with Crippen molar-refractivity contribution in [3.8, 4) is 0 Å². The third-order valence-corrected chi connectivity index (χ3v) is 7.48. The van der Waals surface area contributed by atoms with Gasteiger partial charge in [0.05, 0.1) is 32.5 Å². The number of thiophene rings is 1. The number of aryl methyl sites for hydroxylation is 2. The predicted molar refractivity (Wildman–Crippen MR) is 151 cm³/mol. The molecule has 0 radical (unpaired) electrons. The summed E-state index contributed by atoms with van der Waals surface area (Å²) in [5.74, 6) is -0.513. The second-order valence-electron chi connectivity index (χ2n) is 9.43. The van der Waals surface area contributed by atoms with Crippen molar-refractivity contribution in [2.75, 3.05) is 27.3 Å². The van der Waals surface area contributed by atoms with Crippen molar-refractivity contribution < 1.29 is 23.8 Å². The van der Waals surface area contributed by atoms with E-state index >= 15 is 0 Å². The van der Waals surface area contributed by atoms with E-state index in [4.69, 9.17) is 14.2 Å². The molecule has 7 heteroatoms. The summed E-state index contributed by atoms with van der Waals surface area (Å²) >= 11 is 1.82. The molecule has 1 aromatic heterocycles. The molecule has 204 valence electrons. The standard InChI is InChI=1S/C31H39NO5S/c1-24(37-23-29-19-18-28(38-29)17-14-25-9-5-4-6-10-25)21-32(20-8-7-11-30(33)35-2)22-26-12-15-27(16-13-26)31(34)36-3/h4-6,9-10,12-13,15-16,18-19,24H,7-8,11,14,17,20-23H2,1-3H3/t24-/m1/s1. The highest BCUT2D eigenvalue weighted by atomic mass is 32.1. The van der Waals surface area contributed by atoms with Crippen LogP contribution < -0.4 is 0 Å². The highest BCUT2D eigenvalue weighted by Crippen LogP contribution is 2.20. The third kappa shape index (κ3) is 10.4.